The van der Waals surface area contributed by atoms with Crippen molar-refractivity contribution >= 4 is 23.6 Å². The van der Waals surface area contributed by atoms with Crippen molar-refractivity contribution in [3.8, 4) is 0 Å². The van der Waals surface area contributed by atoms with E-state index in [0.29, 0.717) is 17.3 Å². The van der Waals surface area contributed by atoms with Crippen molar-refractivity contribution in [3.05, 3.63) is 17.0 Å². The minimum absolute atomic E-state index is 0.0343. The van der Waals surface area contributed by atoms with E-state index < -0.39 is 6.04 Å². The van der Waals surface area contributed by atoms with Crippen LogP contribution in [0, 0.1) is 0 Å². The zero-order valence-electron chi connectivity index (χ0n) is 13.0. The highest BCUT2D eigenvalue weighted by Crippen LogP contribution is 2.28. The maximum absolute atomic E-state index is 12.8. The van der Waals surface area contributed by atoms with Crippen molar-refractivity contribution in [2.75, 3.05) is 25.7 Å². The highest BCUT2D eigenvalue weighted by molar-refractivity contribution is 7.99. The predicted octanol–water partition coefficient (Wildman–Crippen LogP) is 1.55. The first-order valence-corrected chi connectivity index (χ1v) is 8.82. The number of thioether (sulfide) groups is 1. The van der Waals surface area contributed by atoms with Crippen LogP contribution in [0.1, 0.15) is 41.1 Å². The Kier molecular flexibility index (Phi) is 4.42. The van der Waals surface area contributed by atoms with E-state index in [0.717, 1.165) is 43.4 Å². The third-order valence-electron chi connectivity index (χ3n) is 4.27. The van der Waals surface area contributed by atoms with E-state index >= 15 is 0 Å². The minimum atomic E-state index is -0.398. The number of fused-ring (bicyclic) bond motifs is 1. The number of aromatic nitrogens is 1. The Morgan fingerprint density at radius 2 is 2.05 bits per heavy atom. The van der Waals surface area contributed by atoms with Gasteiger partial charge in [-0.1, -0.05) is 11.6 Å². The molecule has 7 heteroatoms. The van der Waals surface area contributed by atoms with Crippen LogP contribution in [0.4, 0.5) is 0 Å². The third-order valence-corrected chi connectivity index (χ3v) is 5.28. The average Bonchev–Trinajstić information content (AvgIpc) is 3.07. The van der Waals surface area contributed by atoms with E-state index in [-0.39, 0.29) is 11.8 Å². The van der Waals surface area contributed by atoms with E-state index in [4.69, 9.17) is 4.52 Å². The first-order chi connectivity index (χ1) is 10.6. The lowest BCUT2D eigenvalue weighted by Gasteiger charge is -2.24. The minimum Gasteiger partial charge on any atom is -0.360 e. The molecule has 1 atom stereocenters. The number of carbonyl (C=O) groups excluding carboxylic acids is 2. The summed E-state index contributed by atoms with van der Waals surface area (Å²) in [5, 5.41) is 4.02. The Hall–Kier alpha value is -1.50. The molecule has 2 amide bonds. The molecule has 2 aliphatic rings. The Balaban J connectivity index is 1.84. The molecule has 22 heavy (non-hydrogen) atoms. The van der Waals surface area contributed by atoms with Crippen LogP contribution in [0.15, 0.2) is 4.52 Å². The number of hydrogen-bond acceptors (Lipinski definition) is 5. The van der Waals surface area contributed by atoms with Crippen LogP contribution in [0.3, 0.4) is 0 Å². The van der Waals surface area contributed by atoms with Crippen molar-refractivity contribution in [2.45, 2.75) is 38.1 Å². The van der Waals surface area contributed by atoms with Gasteiger partial charge >= 0.3 is 0 Å². The molecule has 1 aliphatic heterocycles. The van der Waals surface area contributed by atoms with Gasteiger partial charge in [-0.25, -0.2) is 0 Å². The molecule has 0 N–H and O–H groups in total. The summed E-state index contributed by atoms with van der Waals surface area (Å²) < 4.78 is 5.39. The first kappa shape index (κ1) is 15.4. The standard InChI is InChI=1S/C15H21N3O3S/c1-17(2)14(19)11-8-22-9-18(11)15(20)13-10-6-4-3-5-7-12(10)21-16-13/h11H,3-9H2,1-2H3. The van der Waals surface area contributed by atoms with E-state index in [1.54, 1.807) is 35.7 Å². The molecule has 2 heterocycles. The molecule has 0 spiro atoms. The second-order valence-electron chi connectivity index (χ2n) is 6.02. The molecular formula is C15H21N3O3S. The van der Waals surface area contributed by atoms with Crippen molar-refractivity contribution in [2.24, 2.45) is 0 Å². The molecule has 0 radical (unpaired) electrons. The molecule has 0 saturated carbocycles. The number of amides is 2. The second kappa shape index (κ2) is 6.32. The molecule has 1 fully saturated rings. The summed E-state index contributed by atoms with van der Waals surface area (Å²) in [6, 6.07) is -0.398. The van der Waals surface area contributed by atoms with Gasteiger partial charge in [-0.15, -0.1) is 11.8 Å². The van der Waals surface area contributed by atoms with E-state index in [2.05, 4.69) is 5.16 Å². The van der Waals surface area contributed by atoms with Crippen molar-refractivity contribution in [3.63, 3.8) is 0 Å². The lowest BCUT2D eigenvalue weighted by molar-refractivity contribution is -0.132. The molecule has 1 aromatic heterocycles. The fraction of sp³-hybridized carbons (Fsp3) is 0.667. The normalized spacial score (nSPS) is 21.4. The van der Waals surface area contributed by atoms with Crippen molar-refractivity contribution < 1.29 is 14.1 Å². The number of likely N-dealkylation sites (N-methyl/N-ethyl adjacent to an activating group) is 1. The summed E-state index contributed by atoms with van der Waals surface area (Å²) in [7, 11) is 3.44. The van der Waals surface area contributed by atoms with Crippen LogP contribution < -0.4 is 0 Å². The van der Waals surface area contributed by atoms with Crippen LogP contribution in [0.25, 0.3) is 0 Å². The van der Waals surface area contributed by atoms with Gasteiger partial charge in [0, 0.05) is 31.8 Å². The second-order valence-corrected chi connectivity index (χ2v) is 7.02. The average molecular weight is 323 g/mol. The summed E-state index contributed by atoms with van der Waals surface area (Å²) >= 11 is 1.60. The number of carbonyl (C=O) groups is 2. The number of hydrogen-bond donors (Lipinski definition) is 0. The predicted molar refractivity (Wildman–Crippen MR) is 83.7 cm³/mol. The lowest BCUT2D eigenvalue weighted by atomic mass is 10.1. The number of rotatable bonds is 2. The summed E-state index contributed by atoms with van der Waals surface area (Å²) in [5.41, 5.74) is 1.37. The van der Waals surface area contributed by atoms with Gasteiger partial charge < -0.3 is 14.3 Å². The Morgan fingerprint density at radius 3 is 2.82 bits per heavy atom. The molecule has 3 rings (SSSR count). The van der Waals surface area contributed by atoms with E-state index in [1.165, 1.54) is 0 Å². The Bertz CT molecular complexity index is 585. The van der Waals surface area contributed by atoms with Gasteiger partial charge in [0.05, 0.1) is 5.88 Å². The van der Waals surface area contributed by atoms with Gasteiger partial charge in [0.1, 0.15) is 11.8 Å². The topological polar surface area (TPSA) is 66.7 Å². The molecular weight excluding hydrogens is 302 g/mol. The molecule has 120 valence electrons. The lowest BCUT2D eigenvalue weighted by Crippen LogP contribution is -2.47. The fourth-order valence-electron chi connectivity index (χ4n) is 3.01. The SMILES string of the molecule is CN(C)C(=O)C1CSCN1C(=O)c1noc2c1CCCCC2. The van der Waals surface area contributed by atoms with Crippen LogP contribution in [0.5, 0.6) is 0 Å². The smallest absolute Gasteiger partial charge is 0.277 e. The van der Waals surface area contributed by atoms with E-state index in [9.17, 15) is 9.59 Å². The first-order valence-electron chi connectivity index (χ1n) is 7.67. The van der Waals surface area contributed by atoms with Gasteiger partial charge in [-0.3, -0.25) is 9.59 Å². The van der Waals surface area contributed by atoms with Gasteiger partial charge in [-0.05, 0) is 19.3 Å². The zero-order valence-corrected chi connectivity index (χ0v) is 13.8. The van der Waals surface area contributed by atoms with Crippen LogP contribution in [0.2, 0.25) is 0 Å². The largest absolute Gasteiger partial charge is 0.360 e. The van der Waals surface area contributed by atoms with Gasteiger partial charge in [0.15, 0.2) is 5.69 Å². The van der Waals surface area contributed by atoms with Gasteiger partial charge in [0.25, 0.3) is 5.91 Å². The maximum Gasteiger partial charge on any atom is 0.277 e. The molecule has 1 aromatic rings. The fourth-order valence-corrected chi connectivity index (χ4v) is 4.16. The monoisotopic (exact) mass is 323 g/mol. The Morgan fingerprint density at radius 1 is 1.27 bits per heavy atom. The van der Waals surface area contributed by atoms with Crippen molar-refractivity contribution in [1.82, 2.24) is 15.0 Å². The molecule has 1 unspecified atom stereocenters. The van der Waals surface area contributed by atoms with Gasteiger partial charge in [-0.2, -0.15) is 0 Å². The maximum atomic E-state index is 12.8. The van der Waals surface area contributed by atoms with Crippen LogP contribution in [-0.2, 0) is 17.6 Å². The zero-order chi connectivity index (χ0) is 15.7. The summed E-state index contributed by atoms with van der Waals surface area (Å²) in [4.78, 5) is 28.3. The molecule has 1 saturated heterocycles. The third kappa shape index (κ3) is 2.74. The molecule has 6 nitrogen and oxygen atoms in total. The quantitative estimate of drug-likeness (QED) is 0.773. The summed E-state index contributed by atoms with van der Waals surface area (Å²) in [5.74, 6) is 1.82. The number of nitrogens with zero attached hydrogens (tertiary/aromatic N) is 3. The Labute approximate surface area is 134 Å². The van der Waals surface area contributed by atoms with Crippen LogP contribution in [-0.4, -0.2) is 58.5 Å². The van der Waals surface area contributed by atoms with Crippen LogP contribution >= 0.6 is 11.8 Å². The highest BCUT2D eigenvalue weighted by Gasteiger charge is 2.38. The molecule has 1 aliphatic carbocycles. The number of aryl methyl sites for hydroxylation is 1. The molecule has 0 bridgehead atoms. The highest BCUT2D eigenvalue weighted by atomic mass is 32.2. The summed E-state index contributed by atoms with van der Waals surface area (Å²) in [6.07, 6.45) is 4.98. The van der Waals surface area contributed by atoms with Gasteiger partial charge in [0.2, 0.25) is 5.91 Å². The van der Waals surface area contributed by atoms with E-state index in [1.807, 2.05) is 0 Å². The summed E-state index contributed by atoms with van der Waals surface area (Å²) in [6.45, 7) is 0. The molecule has 0 aromatic carbocycles. The van der Waals surface area contributed by atoms with Crippen molar-refractivity contribution in [1.29, 1.82) is 0 Å².